The first-order valence-electron chi connectivity index (χ1n) is 6.75. The number of sulfonamides is 1. The van der Waals surface area contributed by atoms with E-state index < -0.39 is 10.0 Å². The van der Waals surface area contributed by atoms with Crippen LogP contribution in [0.3, 0.4) is 0 Å². The van der Waals surface area contributed by atoms with E-state index >= 15 is 0 Å². The molecule has 0 aliphatic heterocycles. The van der Waals surface area contributed by atoms with Gasteiger partial charge < -0.3 is 9.97 Å². The zero-order valence-corrected chi connectivity index (χ0v) is 17.1. The largest absolute Gasteiger partial charge is 1.00 e. The van der Waals surface area contributed by atoms with Crippen LogP contribution in [0.5, 0.6) is 0 Å². The van der Waals surface area contributed by atoms with Crippen LogP contribution in [0.4, 0.5) is 11.6 Å². The van der Waals surface area contributed by atoms with Crippen molar-refractivity contribution in [2.24, 2.45) is 10.3 Å². The SMILES string of the molecule is Cc1cc(C)nc([N-]S(=O)(=O)c2ccc(N=NN(C)C)cc2)n1.[Na+]. The summed E-state index contributed by atoms with van der Waals surface area (Å²) in [5.41, 5.74) is 1.86. The van der Waals surface area contributed by atoms with E-state index in [-0.39, 0.29) is 40.4 Å². The third kappa shape index (κ3) is 5.82. The van der Waals surface area contributed by atoms with Crippen molar-refractivity contribution in [3.05, 3.63) is 46.4 Å². The van der Waals surface area contributed by atoms with E-state index in [0.29, 0.717) is 17.1 Å². The summed E-state index contributed by atoms with van der Waals surface area (Å²) in [6.07, 6.45) is 0. The smallest absolute Gasteiger partial charge is 0.363 e. The molecule has 1 aromatic heterocycles. The van der Waals surface area contributed by atoms with Crippen LogP contribution in [0.15, 0.2) is 45.6 Å². The van der Waals surface area contributed by atoms with E-state index in [9.17, 15) is 8.42 Å². The molecule has 10 heteroatoms. The Labute approximate surface area is 163 Å². The monoisotopic (exact) mass is 356 g/mol. The van der Waals surface area contributed by atoms with Crippen molar-refractivity contribution in [3.8, 4) is 0 Å². The second kappa shape index (κ2) is 8.52. The van der Waals surface area contributed by atoms with Gasteiger partial charge in [-0.15, -0.1) is 5.11 Å². The van der Waals surface area contributed by atoms with Gasteiger partial charge in [0.15, 0.2) is 0 Å². The zero-order valence-electron chi connectivity index (χ0n) is 14.3. The van der Waals surface area contributed by atoms with Crippen molar-refractivity contribution in [1.29, 1.82) is 0 Å². The van der Waals surface area contributed by atoms with Crippen LogP contribution >= 0.6 is 0 Å². The first-order chi connectivity index (χ1) is 10.8. The third-order valence-corrected chi connectivity index (χ3v) is 3.92. The molecule has 0 aliphatic carbocycles. The molecule has 0 unspecified atom stereocenters. The topological polar surface area (TPSA) is 102 Å². The fourth-order valence-electron chi connectivity index (χ4n) is 1.73. The fraction of sp³-hybridized carbons (Fsp3) is 0.286. The number of aromatic nitrogens is 2. The molecule has 0 fully saturated rings. The number of aryl methyl sites for hydroxylation is 2. The Kier molecular flexibility index (Phi) is 7.27. The molecule has 8 nitrogen and oxygen atoms in total. The molecule has 0 atom stereocenters. The molecule has 0 saturated carbocycles. The Morgan fingerprint density at radius 2 is 1.58 bits per heavy atom. The van der Waals surface area contributed by atoms with Crippen LogP contribution in [0.25, 0.3) is 4.72 Å². The van der Waals surface area contributed by atoms with Crippen LogP contribution in [-0.2, 0) is 10.0 Å². The Hall–Kier alpha value is -1.55. The second-order valence-electron chi connectivity index (χ2n) is 5.05. The summed E-state index contributed by atoms with van der Waals surface area (Å²) in [5.74, 6) is -0.0705. The van der Waals surface area contributed by atoms with Crippen molar-refractivity contribution in [2.75, 3.05) is 14.1 Å². The Balaban J connectivity index is 0.00000288. The second-order valence-corrected chi connectivity index (χ2v) is 6.65. The predicted octanol–water partition coefficient (Wildman–Crippen LogP) is 0.0518. The van der Waals surface area contributed by atoms with E-state index in [1.165, 1.54) is 17.1 Å². The average Bonchev–Trinajstić information content (AvgIpc) is 2.44. The van der Waals surface area contributed by atoms with Crippen molar-refractivity contribution in [3.63, 3.8) is 0 Å². The molecule has 2 aromatic rings. The molecule has 2 rings (SSSR count). The maximum Gasteiger partial charge on any atom is 1.00 e. The van der Waals surface area contributed by atoms with Crippen molar-refractivity contribution in [1.82, 2.24) is 15.0 Å². The van der Waals surface area contributed by atoms with Gasteiger partial charge in [0.05, 0.1) is 10.6 Å². The third-order valence-electron chi connectivity index (χ3n) is 2.65. The summed E-state index contributed by atoms with van der Waals surface area (Å²) < 4.78 is 28.3. The minimum atomic E-state index is -3.88. The van der Waals surface area contributed by atoms with Crippen LogP contribution in [0, 0.1) is 13.8 Å². The minimum absolute atomic E-state index is 0. The Morgan fingerprint density at radius 1 is 1.04 bits per heavy atom. The number of hydrogen-bond acceptors (Lipinski definition) is 6. The van der Waals surface area contributed by atoms with E-state index in [2.05, 4.69) is 25.0 Å². The summed E-state index contributed by atoms with van der Waals surface area (Å²) in [5, 5.41) is 9.32. The minimum Gasteiger partial charge on any atom is -0.363 e. The molecule has 0 amide bonds. The number of rotatable bonds is 5. The van der Waals surface area contributed by atoms with Gasteiger partial charge in [0, 0.05) is 20.0 Å². The molecule has 24 heavy (non-hydrogen) atoms. The van der Waals surface area contributed by atoms with Crippen LogP contribution in [0.2, 0.25) is 0 Å². The molecule has 0 bridgehead atoms. The first-order valence-corrected chi connectivity index (χ1v) is 8.19. The van der Waals surface area contributed by atoms with Gasteiger partial charge in [0.2, 0.25) is 10.0 Å². The molecular weight excluding hydrogens is 339 g/mol. The van der Waals surface area contributed by atoms with Gasteiger partial charge in [-0.3, -0.25) is 9.73 Å². The number of nitrogens with zero attached hydrogens (tertiary/aromatic N) is 6. The van der Waals surface area contributed by atoms with E-state index in [1.807, 2.05) is 0 Å². The number of benzene rings is 1. The molecule has 122 valence electrons. The van der Waals surface area contributed by atoms with E-state index in [0.717, 1.165) is 0 Å². The molecular formula is C14H17N6NaO2S. The normalized spacial score (nSPS) is 11.2. The average molecular weight is 356 g/mol. The Morgan fingerprint density at radius 3 is 2.08 bits per heavy atom. The summed E-state index contributed by atoms with van der Waals surface area (Å²) in [6.45, 7) is 3.51. The summed E-state index contributed by atoms with van der Waals surface area (Å²) in [4.78, 5) is 8.08. The van der Waals surface area contributed by atoms with Gasteiger partial charge >= 0.3 is 29.6 Å². The molecule has 0 spiro atoms. The predicted molar refractivity (Wildman–Crippen MR) is 86.4 cm³/mol. The molecule has 0 N–H and O–H groups in total. The van der Waals surface area contributed by atoms with Crippen LogP contribution in [0.1, 0.15) is 11.4 Å². The summed E-state index contributed by atoms with van der Waals surface area (Å²) >= 11 is 0. The van der Waals surface area contributed by atoms with E-state index in [1.54, 1.807) is 46.1 Å². The molecule has 0 aliphatic rings. The van der Waals surface area contributed by atoms with Gasteiger partial charge in [-0.1, -0.05) is 11.3 Å². The van der Waals surface area contributed by atoms with E-state index in [4.69, 9.17) is 0 Å². The number of hydrogen-bond donors (Lipinski definition) is 0. The molecule has 1 heterocycles. The zero-order chi connectivity index (χ0) is 17.0. The fourth-order valence-corrected chi connectivity index (χ4v) is 2.62. The van der Waals surface area contributed by atoms with Crippen molar-refractivity contribution < 1.29 is 38.0 Å². The van der Waals surface area contributed by atoms with Gasteiger partial charge in [-0.05, 0) is 49.5 Å². The summed E-state index contributed by atoms with van der Waals surface area (Å²) in [6, 6.07) is 7.70. The summed E-state index contributed by atoms with van der Waals surface area (Å²) in [7, 11) is -0.395. The van der Waals surface area contributed by atoms with Crippen LogP contribution in [-0.4, -0.2) is 37.5 Å². The maximum atomic E-state index is 12.3. The van der Waals surface area contributed by atoms with Crippen molar-refractivity contribution in [2.45, 2.75) is 18.7 Å². The molecule has 1 aromatic carbocycles. The van der Waals surface area contributed by atoms with Gasteiger partial charge in [-0.25, -0.2) is 8.42 Å². The van der Waals surface area contributed by atoms with Gasteiger partial charge in [0.25, 0.3) is 0 Å². The van der Waals surface area contributed by atoms with Crippen molar-refractivity contribution >= 4 is 21.7 Å². The Bertz CT molecular complexity index is 801. The van der Waals surface area contributed by atoms with Crippen LogP contribution < -0.4 is 29.6 Å². The standard InChI is InChI=1S/C14H17N6O2S.Na/c1-10-9-11(2)16-14(15-10)18-23(21,22)13-7-5-12(6-8-13)17-19-20(3)4;/h5-9H,1-4H3;/q-1;+1. The molecule has 0 radical (unpaired) electrons. The quantitative estimate of drug-likeness (QED) is 0.428. The molecule has 0 saturated heterocycles. The maximum absolute atomic E-state index is 12.3. The van der Waals surface area contributed by atoms with Gasteiger partial charge in [0.1, 0.15) is 0 Å². The first kappa shape index (κ1) is 20.5. The van der Waals surface area contributed by atoms with Gasteiger partial charge in [-0.2, -0.15) is 0 Å².